The predicted molar refractivity (Wildman–Crippen MR) is 106 cm³/mol. The highest BCUT2D eigenvalue weighted by Gasteiger charge is 2.76. The number of alkyl halides is 1. The number of amides is 3. The number of aliphatic hydroxyl groups is 1. The van der Waals surface area contributed by atoms with Crippen molar-refractivity contribution in [2.45, 2.75) is 68.6 Å². The van der Waals surface area contributed by atoms with E-state index in [1.54, 1.807) is 0 Å². The fourth-order valence-electron chi connectivity index (χ4n) is 4.88. The number of hydrogen-bond acceptors (Lipinski definition) is 5. The van der Waals surface area contributed by atoms with Crippen LogP contribution in [0.4, 0.5) is 0 Å². The molecule has 3 amide bonds. The number of nitrogens with zero attached hydrogens (tertiary/aromatic N) is 1. The molecule has 1 spiro atoms. The number of carbonyl (C=O) groups excluding carboxylic acids is 3. The Morgan fingerprint density at radius 1 is 1.36 bits per heavy atom. The summed E-state index contributed by atoms with van der Waals surface area (Å²) < 4.78 is 6.29. The summed E-state index contributed by atoms with van der Waals surface area (Å²) in [6, 6.07) is -0.870. The fourth-order valence-corrected chi connectivity index (χ4v) is 5.82. The first-order valence-corrected chi connectivity index (χ1v) is 10.8. The number of rotatable bonds is 6. The first kappa shape index (κ1) is 21.5. The molecule has 3 fully saturated rings. The lowest BCUT2D eigenvalue weighted by molar-refractivity contribution is -0.143. The number of aliphatic hydroxyl groups excluding tert-OH is 1. The van der Waals surface area contributed by atoms with Crippen molar-refractivity contribution in [2.24, 2.45) is 11.8 Å². The zero-order chi connectivity index (χ0) is 20.9. The number of carbonyl (C=O) groups is 3. The van der Waals surface area contributed by atoms with Crippen LogP contribution in [0.5, 0.6) is 0 Å². The molecular weight excluding hydrogens is 430 g/mol. The van der Waals surface area contributed by atoms with Gasteiger partial charge in [-0.3, -0.25) is 14.4 Å². The SMILES string of the molecule is CCCNC(=O)[C@H]1[C@@H]2OC3(CC2Br)C(C(=O)NC(C)(C)C)N(CCO)C(=O)[C@H]13. The Bertz CT molecular complexity index is 666. The second kappa shape index (κ2) is 7.57. The van der Waals surface area contributed by atoms with E-state index in [2.05, 4.69) is 26.6 Å². The molecule has 28 heavy (non-hydrogen) atoms. The van der Waals surface area contributed by atoms with Gasteiger partial charge < -0.3 is 25.4 Å². The van der Waals surface area contributed by atoms with Crippen molar-refractivity contribution in [3.8, 4) is 0 Å². The molecule has 3 aliphatic heterocycles. The first-order valence-electron chi connectivity index (χ1n) is 9.90. The Kier molecular flexibility index (Phi) is 5.82. The molecule has 0 radical (unpaired) electrons. The van der Waals surface area contributed by atoms with Crippen LogP contribution in [0.2, 0.25) is 0 Å². The van der Waals surface area contributed by atoms with Crippen LogP contribution in [0.25, 0.3) is 0 Å². The van der Waals surface area contributed by atoms with Gasteiger partial charge >= 0.3 is 0 Å². The standard InChI is InChI=1S/C19H30BrN3O5/c1-5-6-21-15(25)11-12-17(27)23(7-8-24)14(16(26)22-18(2,3)4)19(12)9-10(20)13(11)28-19/h10-14,24H,5-9H2,1-4H3,(H,21,25)(H,22,26)/t10?,11-,12+,13-,14?,19?/m1/s1. The summed E-state index contributed by atoms with van der Waals surface area (Å²) in [5, 5.41) is 15.3. The summed E-state index contributed by atoms with van der Waals surface area (Å²) in [6.07, 6.45) is 0.807. The highest BCUT2D eigenvalue weighted by atomic mass is 79.9. The number of hydrogen-bond donors (Lipinski definition) is 3. The third-order valence-corrected chi connectivity index (χ3v) is 6.57. The van der Waals surface area contributed by atoms with Crippen LogP contribution in [-0.4, -0.2) is 75.5 Å². The number of ether oxygens (including phenoxy) is 1. The summed E-state index contributed by atoms with van der Waals surface area (Å²) in [7, 11) is 0. The number of likely N-dealkylation sites (tertiary alicyclic amines) is 1. The minimum absolute atomic E-state index is 0.0313. The lowest BCUT2D eigenvalue weighted by Crippen LogP contribution is -2.59. The Hall–Kier alpha value is -1.19. The van der Waals surface area contributed by atoms with Gasteiger partial charge in [-0.25, -0.2) is 0 Å². The average Bonchev–Trinajstić information content (AvgIpc) is 3.16. The topological polar surface area (TPSA) is 108 Å². The summed E-state index contributed by atoms with van der Waals surface area (Å²) in [5.41, 5.74) is -1.54. The second-order valence-electron chi connectivity index (χ2n) is 8.95. The number of halogens is 1. The van der Waals surface area contributed by atoms with E-state index in [0.717, 1.165) is 6.42 Å². The molecule has 0 aromatic rings. The van der Waals surface area contributed by atoms with Crippen LogP contribution < -0.4 is 10.6 Å². The summed E-state index contributed by atoms with van der Waals surface area (Å²) in [4.78, 5) is 40.6. The monoisotopic (exact) mass is 459 g/mol. The number of nitrogens with one attached hydrogen (secondary N) is 2. The molecule has 3 aliphatic rings. The number of β-amino-alcohol motifs (C(OH)–C–C–N with tert-alkyl or cyclic N) is 1. The van der Waals surface area contributed by atoms with E-state index in [4.69, 9.17) is 4.74 Å². The maximum absolute atomic E-state index is 13.3. The Balaban J connectivity index is 1.99. The molecule has 3 heterocycles. The van der Waals surface area contributed by atoms with Crippen LogP contribution >= 0.6 is 15.9 Å². The molecule has 0 saturated carbocycles. The third-order valence-electron chi connectivity index (χ3n) is 5.73. The molecule has 8 nitrogen and oxygen atoms in total. The number of fused-ring (bicyclic) bond motifs is 1. The molecule has 3 saturated heterocycles. The van der Waals surface area contributed by atoms with Gasteiger partial charge in [0.25, 0.3) is 0 Å². The van der Waals surface area contributed by atoms with Crippen molar-refractivity contribution >= 4 is 33.7 Å². The quantitative estimate of drug-likeness (QED) is 0.490. The lowest BCUT2D eigenvalue weighted by Gasteiger charge is -2.35. The maximum atomic E-state index is 13.3. The summed E-state index contributed by atoms with van der Waals surface area (Å²) >= 11 is 3.60. The molecule has 3 unspecified atom stereocenters. The van der Waals surface area contributed by atoms with E-state index in [1.165, 1.54) is 4.90 Å². The molecule has 3 rings (SSSR count). The predicted octanol–water partition coefficient (Wildman–Crippen LogP) is 0.168. The van der Waals surface area contributed by atoms with Gasteiger partial charge in [0.15, 0.2) is 0 Å². The van der Waals surface area contributed by atoms with Crippen molar-refractivity contribution in [1.82, 2.24) is 15.5 Å². The van der Waals surface area contributed by atoms with E-state index < -0.39 is 35.1 Å². The van der Waals surface area contributed by atoms with E-state index in [9.17, 15) is 19.5 Å². The molecule has 0 aromatic carbocycles. The van der Waals surface area contributed by atoms with Crippen LogP contribution in [0, 0.1) is 11.8 Å². The van der Waals surface area contributed by atoms with Crippen LogP contribution in [0.1, 0.15) is 40.5 Å². The molecule has 9 heteroatoms. The van der Waals surface area contributed by atoms with Gasteiger partial charge in [-0.05, 0) is 33.6 Å². The normalized spacial score (nSPS) is 36.6. The van der Waals surface area contributed by atoms with Gasteiger partial charge in [-0.1, -0.05) is 22.9 Å². The Labute approximate surface area is 173 Å². The largest absolute Gasteiger partial charge is 0.395 e. The molecule has 158 valence electrons. The highest BCUT2D eigenvalue weighted by Crippen LogP contribution is 2.59. The van der Waals surface area contributed by atoms with Crippen LogP contribution in [-0.2, 0) is 19.1 Å². The van der Waals surface area contributed by atoms with Gasteiger partial charge in [0, 0.05) is 23.5 Å². The highest BCUT2D eigenvalue weighted by molar-refractivity contribution is 9.09. The van der Waals surface area contributed by atoms with Gasteiger partial charge in [0.2, 0.25) is 17.7 Å². The van der Waals surface area contributed by atoms with E-state index in [-0.39, 0.29) is 35.7 Å². The van der Waals surface area contributed by atoms with Gasteiger partial charge in [0.05, 0.1) is 24.5 Å². The van der Waals surface area contributed by atoms with Gasteiger partial charge in [-0.2, -0.15) is 0 Å². The molecule has 3 N–H and O–H groups in total. The van der Waals surface area contributed by atoms with Crippen LogP contribution in [0.15, 0.2) is 0 Å². The minimum atomic E-state index is -1.06. The van der Waals surface area contributed by atoms with Gasteiger partial charge in [0.1, 0.15) is 11.6 Å². The van der Waals surface area contributed by atoms with Crippen LogP contribution in [0.3, 0.4) is 0 Å². The zero-order valence-corrected chi connectivity index (χ0v) is 18.4. The summed E-state index contributed by atoms with van der Waals surface area (Å²) in [5.74, 6) is -2.18. The minimum Gasteiger partial charge on any atom is -0.395 e. The molecule has 2 bridgehead atoms. The Morgan fingerprint density at radius 2 is 2.04 bits per heavy atom. The van der Waals surface area contributed by atoms with Crippen molar-refractivity contribution in [2.75, 3.05) is 19.7 Å². The second-order valence-corrected chi connectivity index (χ2v) is 10.1. The van der Waals surface area contributed by atoms with Crippen molar-refractivity contribution in [1.29, 1.82) is 0 Å². The molecule has 0 aromatic heterocycles. The van der Waals surface area contributed by atoms with E-state index in [1.807, 2.05) is 27.7 Å². The first-order chi connectivity index (χ1) is 13.1. The molecule has 6 atom stereocenters. The average molecular weight is 460 g/mol. The maximum Gasteiger partial charge on any atom is 0.246 e. The third kappa shape index (κ3) is 3.35. The molecular formula is C19H30BrN3O5. The molecule has 0 aliphatic carbocycles. The van der Waals surface area contributed by atoms with E-state index >= 15 is 0 Å². The fraction of sp³-hybridized carbons (Fsp3) is 0.842. The zero-order valence-electron chi connectivity index (χ0n) is 16.8. The smallest absolute Gasteiger partial charge is 0.246 e. The Morgan fingerprint density at radius 3 is 2.61 bits per heavy atom. The summed E-state index contributed by atoms with van der Waals surface area (Å²) in [6.45, 7) is 7.86. The van der Waals surface area contributed by atoms with Crippen molar-refractivity contribution < 1.29 is 24.2 Å². The van der Waals surface area contributed by atoms with Crippen molar-refractivity contribution in [3.05, 3.63) is 0 Å². The van der Waals surface area contributed by atoms with Gasteiger partial charge in [-0.15, -0.1) is 0 Å². The van der Waals surface area contributed by atoms with E-state index in [0.29, 0.717) is 13.0 Å². The van der Waals surface area contributed by atoms with Crippen molar-refractivity contribution in [3.63, 3.8) is 0 Å². The lowest BCUT2D eigenvalue weighted by atomic mass is 9.70.